The molecule has 0 bridgehead atoms. The van der Waals surface area contributed by atoms with E-state index in [1.54, 1.807) is 0 Å². The van der Waals surface area contributed by atoms with E-state index < -0.39 is 11.6 Å². The van der Waals surface area contributed by atoms with Crippen molar-refractivity contribution in [2.75, 3.05) is 79.3 Å². The van der Waals surface area contributed by atoms with Gasteiger partial charge in [-0.05, 0) is 54.2 Å². The highest BCUT2D eigenvalue weighted by atomic mass is 79.9. The summed E-state index contributed by atoms with van der Waals surface area (Å²) < 4.78 is 31.8. The Morgan fingerprint density at radius 2 is 1.66 bits per heavy atom. The predicted octanol–water partition coefficient (Wildman–Crippen LogP) is 4.08. The summed E-state index contributed by atoms with van der Waals surface area (Å²) in [4.78, 5) is 19.5. The van der Waals surface area contributed by atoms with Gasteiger partial charge in [0.25, 0.3) is 0 Å². The van der Waals surface area contributed by atoms with Gasteiger partial charge in [-0.15, -0.1) is 0 Å². The van der Waals surface area contributed by atoms with Crippen molar-refractivity contribution in [1.29, 1.82) is 0 Å². The molecule has 0 radical (unpaired) electrons. The highest BCUT2D eigenvalue weighted by Gasteiger charge is 2.28. The van der Waals surface area contributed by atoms with Crippen molar-refractivity contribution in [3.8, 4) is 0 Å². The molecule has 0 saturated carbocycles. The second-order valence-electron chi connectivity index (χ2n) is 10.3. The number of halogens is 3. The van der Waals surface area contributed by atoms with E-state index in [0.717, 1.165) is 37.3 Å². The van der Waals surface area contributed by atoms with Gasteiger partial charge in [-0.3, -0.25) is 5.10 Å². The average Bonchev–Trinajstić information content (AvgIpc) is 3.57. The number of likely N-dealkylation sites (tertiary alicyclic amines) is 1. The Hall–Kier alpha value is -2.80. The summed E-state index contributed by atoms with van der Waals surface area (Å²) >= 11 is 3.47. The van der Waals surface area contributed by atoms with Crippen molar-refractivity contribution in [3.05, 3.63) is 22.6 Å². The zero-order valence-electron chi connectivity index (χ0n) is 21.9. The fourth-order valence-corrected chi connectivity index (χ4v) is 5.47. The maximum absolute atomic E-state index is 15.7. The lowest BCUT2D eigenvalue weighted by Gasteiger charge is -2.36. The molecule has 2 fully saturated rings. The number of pyridine rings is 1. The molecule has 5 heterocycles. The molecule has 0 aliphatic carbocycles. The SMILES string of the molecule is CC(C)CCNc1c(F)c(NCCN2CCCC2)nc(N2CCN(c3ncnc4[nH]nc(Br)c34)CC2)c1F. The highest BCUT2D eigenvalue weighted by molar-refractivity contribution is 9.10. The molecule has 0 atom stereocenters. The number of hydrogen-bond donors (Lipinski definition) is 3. The number of hydrogen-bond acceptors (Lipinski definition) is 9. The van der Waals surface area contributed by atoms with Gasteiger partial charge in [0.05, 0.1) is 5.39 Å². The van der Waals surface area contributed by atoms with Crippen molar-refractivity contribution < 1.29 is 8.78 Å². The summed E-state index contributed by atoms with van der Waals surface area (Å²) in [6.07, 6.45) is 4.71. The fourth-order valence-electron chi connectivity index (χ4n) is 5.02. The van der Waals surface area contributed by atoms with E-state index in [4.69, 9.17) is 0 Å². The first kappa shape index (κ1) is 26.8. The number of H-pyrrole nitrogens is 1. The molecule has 38 heavy (non-hydrogen) atoms. The molecule has 5 rings (SSSR count). The van der Waals surface area contributed by atoms with Crippen molar-refractivity contribution in [2.24, 2.45) is 5.92 Å². The molecule has 13 heteroatoms. The molecule has 0 spiro atoms. The zero-order valence-corrected chi connectivity index (χ0v) is 23.5. The van der Waals surface area contributed by atoms with Crippen molar-refractivity contribution in [3.63, 3.8) is 0 Å². The van der Waals surface area contributed by atoms with Crippen LogP contribution in [0.5, 0.6) is 0 Å². The van der Waals surface area contributed by atoms with Crippen LogP contribution in [0.25, 0.3) is 11.0 Å². The number of rotatable bonds is 10. The number of aromatic amines is 1. The number of nitrogens with one attached hydrogen (secondary N) is 3. The van der Waals surface area contributed by atoms with E-state index in [-0.39, 0.29) is 17.3 Å². The van der Waals surface area contributed by atoms with Crippen molar-refractivity contribution in [1.82, 2.24) is 30.0 Å². The van der Waals surface area contributed by atoms with Crippen LogP contribution in [0.2, 0.25) is 0 Å². The van der Waals surface area contributed by atoms with Gasteiger partial charge < -0.3 is 25.3 Å². The van der Waals surface area contributed by atoms with Crippen LogP contribution in [0.15, 0.2) is 10.9 Å². The second-order valence-corrected chi connectivity index (χ2v) is 11.0. The molecule has 0 unspecified atom stereocenters. The highest BCUT2D eigenvalue weighted by Crippen LogP contribution is 2.33. The van der Waals surface area contributed by atoms with Crippen molar-refractivity contribution in [2.45, 2.75) is 33.1 Å². The van der Waals surface area contributed by atoms with Crippen LogP contribution in [0.4, 0.5) is 31.9 Å². The molecule has 10 nitrogen and oxygen atoms in total. The Morgan fingerprint density at radius 1 is 0.947 bits per heavy atom. The van der Waals surface area contributed by atoms with Crippen LogP contribution in [-0.2, 0) is 0 Å². The standard InChI is InChI=1S/C25H35BrF2N10/c1-16(2)5-6-29-20-18(27)23(30-7-10-36-8-3-4-9-36)33-25(19(20)28)38-13-11-37(12-14-38)24-17-21(26)34-35-22(17)31-15-32-24/h15-16H,3-14H2,1-2H3,(H2,29,30,33)(H,31,32,34,35). The topological polar surface area (TPSA) is 101 Å². The number of anilines is 4. The molecule has 2 aliphatic rings. The summed E-state index contributed by atoms with van der Waals surface area (Å²) in [5, 5.41) is 14.0. The van der Waals surface area contributed by atoms with Crippen LogP contribution >= 0.6 is 15.9 Å². The smallest absolute Gasteiger partial charge is 0.191 e. The third kappa shape index (κ3) is 5.78. The van der Waals surface area contributed by atoms with Crippen LogP contribution < -0.4 is 20.4 Å². The zero-order chi connectivity index (χ0) is 26.6. The molecule has 2 aliphatic heterocycles. The molecule has 0 aromatic carbocycles. The van der Waals surface area contributed by atoms with E-state index in [1.807, 2.05) is 4.90 Å². The summed E-state index contributed by atoms with van der Waals surface area (Å²) in [7, 11) is 0. The third-order valence-electron chi connectivity index (χ3n) is 7.18. The lowest BCUT2D eigenvalue weighted by Crippen LogP contribution is -2.47. The summed E-state index contributed by atoms with van der Waals surface area (Å²) in [6, 6.07) is 0. The fraction of sp³-hybridized carbons (Fsp3) is 0.600. The van der Waals surface area contributed by atoms with Gasteiger partial charge in [0.2, 0.25) is 0 Å². The molecule has 3 N–H and O–H groups in total. The van der Waals surface area contributed by atoms with Crippen LogP contribution in [0.1, 0.15) is 33.1 Å². The predicted molar refractivity (Wildman–Crippen MR) is 150 cm³/mol. The normalized spacial score (nSPS) is 16.7. The quantitative estimate of drug-likeness (QED) is 0.321. The van der Waals surface area contributed by atoms with Crippen molar-refractivity contribution >= 4 is 50.1 Å². The van der Waals surface area contributed by atoms with Gasteiger partial charge in [0, 0.05) is 45.8 Å². The molecule has 2 saturated heterocycles. The van der Waals surface area contributed by atoms with Gasteiger partial charge in [0.1, 0.15) is 22.4 Å². The van der Waals surface area contributed by atoms with E-state index in [1.165, 1.54) is 19.2 Å². The minimum atomic E-state index is -0.664. The summed E-state index contributed by atoms with van der Waals surface area (Å²) in [6.45, 7) is 10.3. The van der Waals surface area contributed by atoms with Crippen LogP contribution in [0.3, 0.4) is 0 Å². The van der Waals surface area contributed by atoms with E-state index in [0.29, 0.717) is 55.4 Å². The Labute approximate surface area is 229 Å². The number of piperazine rings is 1. The number of fused-ring (bicyclic) bond motifs is 1. The van der Waals surface area contributed by atoms with E-state index in [9.17, 15) is 0 Å². The first-order valence-corrected chi connectivity index (χ1v) is 14.1. The first-order valence-electron chi connectivity index (χ1n) is 13.4. The maximum atomic E-state index is 15.7. The van der Waals surface area contributed by atoms with E-state index >= 15 is 8.78 Å². The number of aromatic nitrogens is 5. The third-order valence-corrected chi connectivity index (χ3v) is 7.75. The minimum Gasteiger partial charge on any atom is -0.380 e. The average molecular weight is 594 g/mol. The Balaban J connectivity index is 1.34. The van der Waals surface area contributed by atoms with Gasteiger partial charge in [0.15, 0.2) is 28.9 Å². The van der Waals surface area contributed by atoms with Gasteiger partial charge >= 0.3 is 0 Å². The van der Waals surface area contributed by atoms with E-state index in [2.05, 4.69) is 75.4 Å². The monoisotopic (exact) mass is 592 g/mol. The first-order chi connectivity index (χ1) is 18.4. The van der Waals surface area contributed by atoms with Gasteiger partial charge in [-0.2, -0.15) is 5.10 Å². The molecule has 3 aromatic heterocycles. The molecule has 3 aromatic rings. The van der Waals surface area contributed by atoms with Gasteiger partial charge in [-0.1, -0.05) is 13.8 Å². The molecular weight excluding hydrogens is 558 g/mol. The summed E-state index contributed by atoms with van der Waals surface area (Å²) in [5.41, 5.74) is 0.541. The Morgan fingerprint density at radius 3 is 2.37 bits per heavy atom. The molecular formula is C25H35BrF2N10. The lowest BCUT2D eigenvalue weighted by molar-refractivity contribution is 0.352. The Kier molecular flexibility index (Phi) is 8.42. The maximum Gasteiger partial charge on any atom is 0.191 e. The van der Waals surface area contributed by atoms with Crippen LogP contribution in [-0.4, -0.2) is 89.0 Å². The molecule has 0 amide bonds. The van der Waals surface area contributed by atoms with Gasteiger partial charge in [-0.25, -0.2) is 23.7 Å². The number of nitrogens with zero attached hydrogens (tertiary/aromatic N) is 7. The minimum absolute atomic E-state index is 0.0925. The summed E-state index contributed by atoms with van der Waals surface area (Å²) in [5.74, 6) is 0.136. The lowest BCUT2D eigenvalue weighted by atomic mass is 10.1. The van der Waals surface area contributed by atoms with Crippen LogP contribution in [0, 0.1) is 17.6 Å². The molecule has 206 valence electrons. The largest absolute Gasteiger partial charge is 0.380 e. The Bertz CT molecular complexity index is 1240. The second kappa shape index (κ2) is 11.9.